The van der Waals surface area contributed by atoms with Gasteiger partial charge in [0.2, 0.25) is 0 Å². The van der Waals surface area contributed by atoms with Gasteiger partial charge in [-0.3, -0.25) is 14.6 Å². The van der Waals surface area contributed by atoms with Gasteiger partial charge in [0.05, 0.1) is 24.8 Å². The van der Waals surface area contributed by atoms with Crippen molar-refractivity contribution in [3.05, 3.63) is 143 Å². The monoisotopic (exact) mass is 1470 g/mol. The number of anilines is 1. The van der Waals surface area contributed by atoms with E-state index in [2.05, 4.69) is 146 Å². The molecule has 0 atom stereocenters. The normalized spacial score (nSPS) is 9.45. The number of carboxylic acid groups (broad SMARTS) is 1. The number of alkyl halides is 6. The number of hydrogen-bond acceptors (Lipinski definition) is 5. The van der Waals surface area contributed by atoms with Gasteiger partial charge in [-0.1, -0.05) is 282 Å². The molecule has 58 heavy (non-hydrogen) atoms. The summed E-state index contributed by atoms with van der Waals surface area (Å²) in [4.78, 5) is 49.7. The van der Waals surface area contributed by atoms with Crippen LogP contribution in [0.5, 0.6) is 0 Å². The molecule has 2 N–H and O–H groups in total. The quantitative estimate of drug-likeness (QED) is 0.0758. The molecule has 1 aromatic heterocycles. The Labute approximate surface area is 430 Å². The van der Waals surface area contributed by atoms with E-state index < -0.39 is 17.7 Å². The third kappa shape index (κ3) is 29.2. The molecule has 0 spiro atoms. The fraction of sp³-hybridized carbons (Fsp3) is 0.311. The van der Waals surface area contributed by atoms with Crippen LogP contribution in [0, 0.1) is 0 Å². The Bertz CT molecular complexity index is 1760. The number of hydrogen-bond donors (Lipinski definition) is 2. The zero-order chi connectivity index (χ0) is 45.3. The van der Waals surface area contributed by atoms with Crippen LogP contribution in [0.2, 0.25) is 0 Å². The van der Waals surface area contributed by atoms with Crippen molar-refractivity contribution in [3.63, 3.8) is 0 Å². The second kappa shape index (κ2) is 45.5. The van der Waals surface area contributed by atoms with Crippen LogP contribution in [0.4, 0.5) is 5.69 Å². The van der Waals surface area contributed by atoms with Gasteiger partial charge < -0.3 is 15.2 Å². The van der Waals surface area contributed by atoms with Crippen molar-refractivity contribution in [3.8, 4) is 0 Å². The molecule has 320 valence electrons. The Morgan fingerprint density at radius 3 is 1.60 bits per heavy atom. The van der Waals surface area contributed by atoms with Gasteiger partial charge in [0.25, 0.3) is 11.7 Å². The molecule has 0 radical (unpaired) electrons. The molecule has 2 heterocycles. The van der Waals surface area contributed by atoms with Crippen molar-refractivity contribution in [1.29, 1.82) is 0 Å². The molecule has 4 aromatic carbocycles. The Morgan fingerprint density at radius 1 is 0.707 bits per heavy atom. The van der Waals surface area contributed by atoms with E-state index in [-0.39, 0.29) is 0 Å². The van der Waals surface area contributed by atoms with Gasteiger partial charge in [-0.15, -0.1) is 0 Å². The molecule has 1 aliphatic rings. The highest BCUT2D eigenvalue weighted by Crippen LogP contribution is 2.23. The number of fused-ring (bicyclic) bond motifs is 2. The lowest BCUT2D eigenvalue weighted by Crippen LogP contribution is -2.12. The summed E-state index contributed by atoms with van der Waals surface area (Å²) in [6, 6.07) is 34.0. The van der Waals surface area contributed by atoms with E-state index in [1.807, 2.05) is 139 Å². The van der Waals surface area contributed by atoms with Crippen LogP contribution in [-0.2, 0) is 22.4 Å². The van der Waals surface area contributed by atoms with Gasteiger partial charge in [0, 0.05) is 18.0 Å². The summed E-state index contributed by atoms with van der Waals surface area (Å²) in [7, 11) is 0. The number of aromatic carboxylic acids is 1. The number of nitrogens with zero attached hydrogens (tertiary/aromatic N) is 1. The first-order chi connectivity index (χ1) is 28.1. The number of carbonyl (C=O) groups excluding carboxylic acids is 3. The Kier molecular flexibility index (Phi) is 49.9. The molecule has 0 bridgehead atoms. The lowest BCUT2D eigenvalue weighted by Gasteiger charge is -2.09. The summed E-state index contributed by atoms with van der Waals surface area (Å²) >= 11 is 13.6. The molecule has 0 saturated heterocycles. The predicted molar refractivity (Wildman–Crippen MR) is 302 cm³/mol. The van der Waals surface area contributed by atoms with Crippen molar-refractivity contribution in [2.75, 3.05) is 12.7 Å². The molecule has 0 unspecified atom stereocenters. The Hall–Kier alpha value is -1.05. The lowest BCUT2D eigenvalue weighted by atomic mass is 9.98. The largest absolute Gasteiger partial charge is 0.478 e. The van der Waals surface area contributed by atoms with E-state index in [1.165, 1.54) is 8.00 Å². The number of aldehydes is 1. The molecular weight excluding hydrogens is 1410 g/mol. The van der Waals surface area contributed by atoms with Gasteiger partial charge in [-0.05, 0) is 52.7 Å². The van der Waals surface area contributed by atoms with E-state index in [0.717, 1.165) is 23.8 Å². The van der Waals surface area contributed by atoms with E-state index in [9.17, 15) is 24.3 Å². The Morgan fingerprint density at radius 2 is 1.14 bits per heavy atom. The number of aromatic nitrogens is 1. The average molecular weight is 1470 g/mol. The minimum absolute atomic E-state index is 0.347. The SMILES string of the molecule is CC.CC.CC.CC.CI.IC(I)I.ICI.O=C(O)c1c(Cc2ccccc2)cnc2ccccc12.O=C1Nc2ccccc2C1=O.O=CCCc1ccccc1. The number of pyridine rings is 1. The number of carboxylic acids is 1. The average Bonchev–Trinajstić information content (AvgIpc) is 3.57. The second-order valence-corrected chi connectivity index (χ2v) is 24.8. The number of benzene rings is 4. The number of halogens is 6. The maximum atomic E-state index is 11.6. The van der Waals surface area contributed by atoms with Crippen LogP contribution in [0.3, 0.4) is 0 Å². The number of carbonyl (C=O) groups is 4. The standard InChI is InChI=1S/C17H13NO2.C9H10O.C8H5NO2.4C2H6.CHI3.CH2I2.CH3I/c19-17(20)16-13(10-12-6-2-1-3-7-12)11-18-15-9-5-4-8-14(15)16;10-8-4-7-9-5-2-1-3-6-9;10-7-5-3-1-2-4-6(5)9-8(7)11;4*1-2;2-1(3)4;2-1-3;1-2/h1-9,11H,10H2,(H,19,20);1-3,5-6,8H,4,7H2;1-4H,(H,9,10,11);4*1-2H3;1H;1H2;1H3. The molecule has 5 aromatic rings. The number of aryl methyl sites for hydroxylation is 1. The first kappa shape index (κ1) is 63.6. The van der Waals surface area contributed by atoms with E-state index >= 15 is 0 Å². The van der Waals surface area contributed by atoms with Crippen LogP contribution in [0.25, 0.3) is 10.9 Å². The van der Waals surface area contributed by atoms with Crippen molar-refractivity contribution in [2.24, 2.45) is 0 Å². The van der Waals surface area contributed by atoms with Crippen molar-refractivity contribution in [2.45, 2.75) is 74.6 Å². The van der Waals surface area contributed by atoms with E-state index in [4.69, 9.17) is 0 Å². The number of amides is 1. The summed E-state index contributed by atoms with van der Waals surface area (Å²) in [6.45, 7) is 16.0. The third-order valence-corrected chi connectivity index (χ3v) is 6.33. The third-order valence-electron chi connectivity index (χ3n) is 6.33. The lowest BCUT2D eigenvalue weighted by molar-refractivity contribution is -0.112. The zero-order valence-electron chi connectivity index (χ0n) is 34.7. The maximum absolute atomic E-state index is 11.6. The number of para-hydroxylation sites is 2. The van der Waals surface area contributed by atoms with Crippen LogP contribution < -0.4 is 5.32 Å². The summed E-state index contributed by atoms with van der Waals surface area (Å²) in [6.07, 6.45) is 4.68. The number of nitrogens with one attached hydrogen (secondary N) is 1. The fourth-order valence-electron chi connectivity index (χ4n) is 4.35. The van der Waals surface area contributed by atoms with E-state index in [1.54, 1.807) is 36.5 Å². The van der Waals surface area contributed by atoms with Crippen LogP contribution in [0.15, 0.2) is 115 Å². The zero-order valence-corrected chi connectivity index (χ0v) is 47.7. The van der Waals surface area contributed by atoms with Gasteiger partial charge in [0.15, 0.2) is 0 Å². The molecule has 1 amide bonds. The van der Waals surface area contributed by atoms with Crippen molar-refractivity contribution >= 4 is 176 Å². The fourth-order valence-corrected chi connectivity index (χ4v) is 4.35. The summed E-state index contributed by atoms with van der Waals surface area (Å²) < 4.78 is 1.93. The Balaban J connectivity index is -0.000000330. The predicted octanol–water partition coefficient (Wildman–Crippen LogP) is 15.7. The first-order valence-corrected chi connectivity index (χ1v) is 27.5. The van der Waals surface area contributed by atoms with Crippen molar-refractivity contribution < 1.29 is 24.3 Å². The van der Waals surface area contributed by atoms with Gasteiger partial charge in [-0.25, -0.2) is 4.79 Å². The molecule has 7 nitrogen and oxygen atoms in total. The van der Waals surface area contributed by atoms with Gasteiger partial charge in [-0.2, -0.15) is 0 Å². The highest BCUT2D eigenvalue weighted by atomic mass is 127. The van der Waals surface area contributed by atoms with Crippen LogP contribution >= 0.6 is 136 Å². The summed E-state index contributed by atoms with van der Waals surface area (Å²) in [5.74, 6) is -1.89. The van der Waals surface area contributed by atoms with E-state index in [0.29, 0.717) is 40.6 Å². The topological polar surface area (TPSA) is 113 Å². The van der Waals surface area contributed by atoms with Gasteiger partial charge in [0.1, 0.15) is 6.22 Å². The smallest absolute Gasteiger partial charge is 0.336 e. The highest BCUT2D eigenvalue weighted by Gasteiger charge is 2.26. The highest BCUT2D eigenvalue weighted by molar-refractivity contribution is 14.3. The molecule has 13 heteroatoms. The number of ketones is 1. The summed E-state index contributed by atoms with van der Waals surface area (Å²) in [5, 5.41) is 12.7. The minimum Gasteiger partial charge on any atom is -0.478 e. The minimum atomic E-state index is -0.908. The van der Waals surface area contributed by atoms with Crippen LogP contribution in [-0.4, -0.2) is 41.3 Å². The maximum Gasteiger partial charge on any atom is 0.336 e. The molecule has 0 aliphatic carbocycles. The molecule has 1 aliphatic heterocycles. The van der Waals surface area contributed by atoms with Gasteiger partial charge >= 0.3 is 5.97 Å². The number of Topliss-reactive ketones (excluding diaryl/α,β-unsaturated/α-hetero) is 1. The number of rotatable bonds is 6. The molecule has 0 fully saturated rings. The molecular formula is C45H58I6N2O5. The molecule has 6 rings (SSSR count). The first-order valence-electron chi connectivity index (χ1n) is 18.6. The second-order valence-electron chi connectivity index (χ2n) is 9.51. The van der Waals surface area contributed by atoms with Crippen molar-refractivity contribution in [1.82, 2.24) is 4.98 Å². The molecule has 0 saturated carbocycles. The summed E-state index contributed by atoms with van der Waals surface area (Å²) in [5.41, 5.74) is 5.19. The van der Waals surface area contributed by atoms with Crippen LogP contribution in [0.1, 0.15) is 99.2 Å².